The molecule has 3 aromatic rings. The number of ether oxygens (including phenoxy) is 2. The maximum absolute atomic E-state index is 14.4. The lowest BCUT2D eigenvalue weighted by atomic mass is 9.97. The second-order valence-corrected chi connectivity index (χ2v) is 18.0. The van der Waals surface area contributed by atoms with E-state index in [1.54, 1.807) is 37.9 Å². The molecule has 4 heterocycles. The average molecular weight is 806 g/mol. The summed E-state index contributed by atoms with van der Waals surface area (Å²) in [6.07, 6.45) is 1.76. The van der Waals surface area contributed by atoms with Crippen molar-refractivity contribution in [2.75, 3.05) is 27.2 Å². The zero-order valence-corrected chi connectivity index (χ0v) is 32.4. The van der Waals surface area contributed by atoms with Crippen LogP contribution in [0.25, 0.3) is 21.7 Å². The predicted molar refractivity (Wildman–Crippen MR) is 196 cm³/mol. The molecule has 2 aliphatic heterocycles. The number of hydrogen-bond acceptors (Lipinski definition) is 11. The number of hydrogen-bond donors (Lipinski definition) is 2. The first kappa shape index (κ1) is 38.7. The monoisotopic (exact) mass is 805 g/mol. The van der Waals surface area contributed by atoms with Crippen molar-refractivity contribution in [1.29, 1.82) is 0 Å². The third-order valence-corrected chi connectivity index (χ3v) is 14.0. The Labute approximate surface area is 319 Å². The molecule has 2 aliphatic carbocycles. The van der Waals surface area contributed by atoms with Crippen molar-refractivity contribution < 1.29 is 45.4 Å². The number of fused-ring (bicyclic) bond motifs is 3. The number of carbonyl (C=O) groups is 3. The number of amides is 4. The van der Waals surface area contributed by atoms with E-state index >= 15 is 0 Å². The number of aromatic nitrogens is 3. The van der Waals surface area contributed by atoms with Gasteiger partial charge < -0.3 is 24.6 Å². The smallest absolute Gasteiger partial charge is 0.434 e. The number of allylic oxidation sites excluding steroid dienone is 1. The molecule has 0 unspecified atom stereocenters. The van der Waals surface area contributed by atoms with E-state index in [0.29, 0.717) is 54.4 Å². The highest BCUT2D eigenvalue weighted by molar-refractivity contribution is 7.91. The Balaban J connectivity index is 1.21. The number of halogens is 3. The molecule has 296 valence electrons. The highest BCUT2D eigenvalue weighted by Gasteiger charge is 2.63. The SMILES string of the molecule is COc1ccc2c(O[C@H]3CCN4C(=O)N(C)CCCCC=C[C@@H]5C[C@@]5(C(=O)NS(=O)(=O)C5(C)CC5)NC(=O)[C@@H]4C3)nc(-c3nc(C(F)(F)F)cs3)nc2c1C. The first-order chi connectivity index (χ1) is 26.0. The van der Waals surface area contributed by atoms with E-state index in [1.807, 2.05) is 12.2 Å². The number of methoxy groups -OCH3 is 1. The minimum atomic E-state index is -4.67. The Morgan fingerprint density at radius 2 is 1.89 bits per heavy atom. The molecular weight excluding hydrogens is 764 g/mol. The van der Waals surface area contributed by atoms with Gasteiger partial charge in [-0.2, -0.15) is 18.2 Å². The van der Waals surface area contributed by atoms with Gasteiger partial charge in [-0.3, -0.25) is 14.3 Å². The summed E-state index contributed by atoms with van der Waals surface area (Å²) >= 11 is 0.732. The summed E-state index contributed by atoms with van der Waals surface area (Å²) in [6.45, 7) is 3.85. The number of nitrogens with zero attached hydrogens (tertiary/aromatic N) is 5. The number of rotatable bonds is 7. The van der Waals surface area contributed by atoms with Gasteiger partial charge in [0, 0.05) is 49.8 Å². The molecule has 0 spiro atoms. The fourth-order valence-corrected chi connectivity index (χ4v) is 9.20. The van der Waals surface area contributed by atoms with E-state index in [2.05, 4.69) is 25.0 Å². The van der Waals surface area contributed by atoms with E-state index < -0.39 is 62.1 Å². The zero-order valence-electron chi connectivity index (χ0n) is 30.7. The number of benzene rings is 1. The second-order valence-electron chi connectivity index (χ2n) is 14.9. The molecule has 55 heavy (non-hydrogen) atoms. The lowest BCUT2D eigenvalue weighted by Crippen LogP contribution is -2.61. The molecule has 1 aromatic carbocycles. The molecule has 3 fully saturated rings. The van der Waals surface area contributed by atoms with Crippen LogP contribution in [0.5, 0.6) is 11.6 Å². The van der Waals surface area contributed by atoms with Gasteiger partial charge in [0.1, 0.15) is 23.4 Å². The molecule has 1 saturated heterocycles. The molecule has 4 atom stereocenters. The molecular formula is C36H42F3N7O7S2. The molecule has 7 rings (SSSR count). The van der Waals surface area contributed by atoms with E-state index in [4.69, 9.17) is 9.47 Å². The fourth-order valence-electron chi connectivity index (χ4n) is 7.13. The number of carbonyl (C=O) groups excluding carboxylic acids is 3. The summed E-state index contributed by atoms with van der Waals surface area (Å²) in [5.74, 6) is -1.50. The fraction of sp³-hybridized carbons (Fsp3) is 0.556. The van der Waals surface area contributed by atoms with Gasteiger partial charge in [0.05, 0.1) is 22.8 Å². The van der Waals surface area contributed by atoms with Crippen molar-refractivity contribution in [3.8, 4) is 22.5 Å². The predicted octanol–water partition coefficient (Wildman–Crippen LogP) is 4.97. The molecule has 2 N–H and O–H groups in total. The van der Waals surface area contributed by atoms with Crippen molar-refractivity contribution in [2.45, 2.75) is 93.8 Å². The average Bonchev–Trinajstić information content (AvgIpc) is 3.99. The number of urea groups is 1. The Kier molecular flexibility index (Phi) is 10.0. The standard InChI is InChI=1S/C36H42F3N7O7S2/c1-20-25(52-4)11-10-23-27(20)41-28(31-40-26(19-54-31)36(37,38)39)42-30(23)53-22-12-16-46-24(17-22)29(47)43-35(32(48)44-55(50,51)34(2)13-14-34)18-21(35)9-7-5-6-8-15-45(3)33(46)49/h7,9-11,19,21-22,24H,5-6,8,12-18H2,1-4H3,(H,43,47)(H,44,48)/t21-,22+,24+,35-/m1/s1. The number of nitrogens with one attached hydrogen (secondary N) is 2. The van der Waals surface area contributed by atoms with Crippen LogP contribution in [0.3, 0.4) is 0 Å². The van der Waals surface area contributed by atoms with Gasteiger partial charge >= 0.3 is 12.2 Å². The molecule has 2 aromatic heterocycles. The van der Waals surface area contributed by atoms with Gasteiger partial charge in [0.2, 0.25) is 21.8 Å². The Morgan fingerprint density at radius 1 is 1.13 bits per heavy atom. The number of thiazole rings is 1. The Morgan fingerprint density at radius 3 is 2.58 bits per heavy atom. The van der Waals surface area contributed by atoms with Gasteiger partial charge in [-0.05, 0) is 64.5 Å². The van der Waals surface area contributed by atoms with Gasteiger partial charge in [0.15, 0.2) is 16.5 Å². The Bertz CT molecular complexity index is 2180. The molecule has 0 bridgehead atoms. The maximum Gasteiger partial charge on any atom is 0.434 e. The van der Waals surface area contributed by atoms with Crippen LogP contribution in [0.1, 0.15) is 69.5 Å². The summed E-state index contributed by atoms with van der Waals surface area (Å²) in [5, 5.41) is 4.10. The van der Waals surface area contributed by atoms with Crippen molar-refractivity contribution in [3.63, 3.8) is 0 Å². The maximum atomic E-state index is 14.4. The minimum absolute atomic E-state index is 0.0363. The van der Waals surface area contributed by atoms with E-state index in [0.717, 1.165) is 23.1 Å². The van der Waals surface area contributed by atoms with Crippen LogP contribution in [-0.4, -0.2) is 101 Å². The third-order valence-electron chi connectivity index (χ3n) is 11.0. The highest BCUT2D eigenvalue weighted by atomic mass is 32.2. The first-order valence-corrected chi connectivity index (χ1v) is 20.4. The summed E-state index contributed by atoms with van der Waals surface area (Å²) in [5.41, 5.74) is -1.67. The molecule has 19 heteroatoms. The van der Waals surface area contributed by atoms with E-state index in [-0.39, 0.29) is 48.6 Å². The largest absolute Gasteiger partial charge is 0.496 e. The zero-order chi connectivity index (χ0) is 39.5. The normalized spacial score (nSPS) is 25.7. The molecule has 4 aliphatic rings. The lowest BCUT2D eigenvalue weighted by molar-refractivity contribution is -0.140. The quantitative estimate of drug-likeness (QED) is 0.311. The second kappa shape index (κ2) is 14.2. The van der Waals surface area contributed by atoms with Crippen molar-refractivity contribution >= 4 is 50.1 Å². The molecule has 4 amide bonds. The van der Waals surface area contributed by atoms with Crippen LogP contribution in [0.15, 0.2) is 29.7 Å². The van der Waals surface area contributed by atoms with Crippen molar-refractivity contribution in [2.24, 2.45) is 5.92 Å². The Hall–Kier alpha value is -4.52. The van der Waals surface area contributed by atoms with Crippen LogP contribution in [0, 0.1) is 12.8 Å². The van der Waals surface area contributed by atoms with E-state index in [9.17, 15) is 36.0 Å². The van der Waals surface area contributed by atoms with Crippen LogP contribution >= 0.6 is 11.3 Å². The molecule has 14 nitrogen and oxygen atoms in total. The van der Waals surface area contributed by atoms with Crippen molar-refractivity contribution in [3.05, 3.63) is 40.9 Å². The summed E-state index contributed by atoms with van der Waals surface area (Å²) in [6, 6.07) is 1.84. The third kappa shape index (κ3) is 7.44. The highest BCUT2D eigenvalue weighted by Crippen LogP contribution is 2.47. The van der Waals surface area contributed by atoms with Crippen LogP contribution in [-0.2, 0) is 25.8 Å². The number of piperidine rings is 1. The topological polar surface area (TPSA) is 173 Å². The first-order valence-electron chi connectivity index (χ1n) is 18.1. The van der Waals surface area contributed by atoms with E-state index in [1.165, 1.54) is 12.0 Å². The van der Waals surface area contributed by atoms with Gasteiger partial charge in [-0.25, -0.2) is 23.2 Å². The van der Waals surface area contributed by atoms with Crippen molar-refractivity contribution in [1.82, 2.24) is 34.8 Å². The van der Waals surface area contributed by atoms with Gasteiger partial charge in [-0.15, -0.1) is 11.3 Å². The van der Waals surface area contributed by atoms with Gasteiger partial charge in [0.25, 0.3) is 5.91 Å². The summed E-state index contributed by atoms with van der Waals surface area (Å²) in [4.78, 5) is 57.8. The van der Waals surface area contributed by atoms with Gasteiger partial charge in [-0.1, -0.05) is 12.2 Å². The van der Waals surface area contributed by atoms with Crippen LogP contribution in [0.4, 0.5) is 18.0 Å². The molecule has 0 radical (unpaired) electrons. The number of alkyl halides is 3. The van der Waals surface area contributed by atoms with Crippen LogP contribution < -0.4 is 19.5 Å². The summed E-state index contributed by atoms with van der Waals surface area (Å²) < 4.78 is 79.8. The minimum Gasteiger partial charge on any atom is -0.496 e. The summed E-state index contributed by atoms with van der Waals surface area (Å²) in [7, 11) is -0.871. The lowest BCUT2D eigenvalue weighted by Gasteiger charge is -2.40. The number of sulfonamides is 1. The molecule has 2 saturated carbocycles. The van der Waals surface area contributed by atoms with Crippen LogP contribution in [0.2, 0.25) is 0 Å². The number of aryl methyl sites for hydroxylation is 1.